The van der Waals surface area contributed by atoms with E-state index in [0.717, 1.165) is 28.2 Å². The molecule has 0 spiro atoms. The van der Waals surface area contributed by atoms with Crippen LogP contribution in [0.4, 0.5) is 0 Å². The van der Waals surface area contributed by atoms with Crippen LogP contribution in [0.3, 0.4) is 0 Å². The summed E-state index contributed by atoms with van der Waals surface area (Å²) in [5.41, 5.74) is 3.55. The molecule has 0 amide bonds. The monoisotopic (exact) mass is 406 g/mol. The third kappa shape index (κ3) is 3.76. The molecule has 0 bridgehead atoms. The lowest BCUT2D eigenvalue weighted by atomic mass is 9.99. The second-order valence-electron chi connectivity index (χ2n) is 7.00. The van der Waals surface area contributed by atoms with E-state index < -0.39 is 16.1 Å². The zero-order valence-corrected chi connectivity index (χ0v) is 17.1. The highest BCUT2D eigenvalue weighted by Crippen LogP contribution is 2.37. The van der Waals surface area contributed by atoms with Crippen LogP contribution in [0.5, 0.6) is 5.75 Å². The summed E-state index contributed by atoms with van der Waals surface area (Å²) in [5, 5.41) is 4.56. The van der Waals surface area contributed by atoms with Gasteiger partial charge in [0.15, 0.2) is 0 Å². The van der Waals surface area contributed by atoms with Gasteiger partial charge in [0.2, 0.25) is 0 Å². The van der Waals surface area contributed by atoms with Crippen molar-refractivity contribution in [2.45, 2.75) is 24.3 Å². The number of nitrogens with zero attached hydrogens (tertiary/aromatic N) is 2. The van der Waals surface area contributed by atoms with Gasteiger partial charge in [0, 0.05) is 6.42 Å². The summed E-state index contributed by atoms with van der Waals surface area (Å²) in [4.78, 5) is 0.236. The molecule has 3 aromatic carbocycles. The molecular weight excluding hydrogens is 384 g/mol. The molecule has 6 heteroatoms. The van der Waals surface area contributed by atoms with Crippen LogP contribution in [0, 0.1) is 6.92 Å². The van der Waals surface area contributed by atoms with Crippen LogP contribution in [-0.4, -0.2) is 25.7 Å². The predicted molar refractivity (Wildman–Crippen MR) is 114 cm³/mol. The number of hydrazone groups is 1. The maximum Gasteiger partial charge on any atom is 0.279 e. The maximum atomic E-state index is 13.4. The summed E-state index contributed by atoms with van der Waals surface area (Å²) in [6.07, 6.45) is 0.501. The molecule has 0 saturated carbocycles. The first-order valence-corrected chi connectivity index (χ1v) is 10.8. The SMILES string of the molecule is COc1ccc([C@@H]2CC(c3ccccc3)=NN2S(=O)(=O)c2ccc(C)cc2)cc1. The van der Waals surface area contributed by atoms with E-state index in [9.17, 15) is 8.42 Å². The van der Waals surface area contributed by atoms with E-state index in [4.69, 9.17) is 4.74 Å². The average Bonchev–Trinajstić information content (AvgIpc) is 3.21. The Balaban J connectivity index is 1.78. The predicted octanol–water partition coefficient (Wildman–Crippen LogP) is 4.54. The molecule has 0 radical (unpaired) electrons. The van der Waals surface area contributed by atoms with Gasteiger partial charge in [0.1, 0.15) is 5.75 Å². The normalized spacial score (nSPS) is 16.6. The van der Waals surface area contributed by atoms with E-state index in [0.29, 0.717) is 6.42 Å². The lowest BCUT2D eigenvalue weighted by Crippen LogP contribution is -2.27. The Labute approximate surface area is 171 Å². The molecule has 1 atom stereocenters. The fourth-order valence-electron chi connectivity index (χ4n) is 3.41. The highest BCUT2D eigenvalue weighted by molar-refractivity contribution is 7.89. The van der Waals surface area contributed by atoms with E-state index in [-0.39, 0.29) is 4.90 Å². The van der Waals surface area contributed by atoms with Crippen LogP contribution in [0.2, 0.25) is 0 Å². The topological polar surface area (TPSA) is 59.0 Å². The molecule has 0 aliphatic carbocycles. The Morgan fingerprint density at radius 3 is 2.21 bits per heavy atom. The van der Waals surface area contributed by atoms with Gasteiger partial charge in [-0.05, 0) is 42.3 Å². The van der Waals surface area contributed by atoms with Gasteiger partial charge < -0.3 is 4.74 Å². The summed E-state index contributed by atoms with van der Waals surface area (Å²) in [7, 11) is -2.19. The highest BCUT2D eigenvalue weighted by Gasteiger charge is 2.37. The third-order valence-electron chi connectivity index (χ3n) is 5.05. The summed E-state index contributed by atoms with van der Waals surface area (Å²) in [5.74, 6) is 0.726. The van der Waals surface area contributed by atoms with Crippen molar-refractivity contribution < 1.29 is 13.2 Å². The summed E-state index contributed by atoms with van der Waals surface area (Å²) in [6, 6.07) is 23.6. The van der Waals surface area contributed by atoms with Gasteiger partial charge in [-0.3, -0.25) is 0 Å². The quantitative estimate of drug-likeness (QED) is 0.625. The Morgan fingerprint density at radius 2 is 1.59 bits per heavy atom. The van der Waals surface area contributed by atoms with Crippen molar-refractivity contribution in [3.05, 3.63) is 95.6 Å². The first kappa shape index (κ1) is 19.2. The van der Waals surface area contributed by atoms with Crippen molar-refractivity contribution >= 4 is 15.7 Å². The van der Waals surface area contributed by atoms with Gasteiger partial charge in [0.25, 0.3) is 10.0 Å². The van der Waals surface area contributed by atoms with Gasteiger partial charge >= 0.3 is 0 Å². The molecule has 1 aliphatic heterocycles. The van der Waals surface area contributed by atoms with Crippen molar-refractivity contribution in [2.75, 3.05) is 7.11 Å². The lowest BCUT2D eigenvalue weighted by Gasteiger charge is -2.23. The fourth-order valence-corrected chi connectivity index (χ4v) is 4.84. The van der Waals surface area contributed by atoms with Crippen molar-refractivity contribution in [1.29, 1.82) is 0 Å². The minimum Gasteiger partial charge on any atom is -0.497 e. The van der Waals surface area contributed by atoms with Gasteiger partial charge in [-0.1, -0.05) is 60.2 Å². The summed E-state index contributed by atoms with van der Waals surface area (Å²) < 4.78 is 33.3. The third-order valence-corrected chi connectivity index (χ3v) is 6.74. The number of methoxy groups -OCH3 is 1. The molecule has 1 aliphatic rings. The van der Waals surface area contributed by atoms with E-state index in [1.165, 1.54) is 4.41 Å². The van der Waals surface area contributed by atoms with Crippen molar-refractivity contribution in [1.82, 2.24) is 4.41 Å². The molecule has 0 saturated heterocycles. The van der Waals surface area contributed by atoms with E-state index >= 15 is 0 Å². The minimum absolute atomic E-state index is 0.236. The van der Waals surface area contributed by atoms with Crippen molar-refractivity contribution in [3.8, 4) is 5.75 Å². The van der Waals surface area contributed by atoms with Crippen LogP contribution in [0.15, 0.2) is 88.9 Å². The van der Waals surface area contributed by atoms with Crippen LogP contribution in [-0.2, 0) is 10.0 Å². The fraction of sp³-hybridized carbons (Fsp3) is 0.174. The number of aryl methyl sites for hydroxylation is 1. The first-order valence-electron chi connectivity index (χ1n) is 9.37. The zero-order valence-electron chi connectivity index (χ0n) is 16.3. The van der Waals surface area contributed by atoms with Crippen LogP contribution >= 0.6 is 0 Å². The molecule has 0 fully saturated rings. The van der Waals surface area contributed by atoms with Crippen molar-refractivity contribution in [3.63, 3.8) is 0 Å². The number of rotatable bonds is 5. The van der Waals surface area contributed by atoms with Crippen LogP contribution in [0.25, 0.3) is 0 Å². The number of benzene rings is 3. The number of hydrogen-bond acceptors (Lipinski definition) is 4. The summed E-state index contributed by atoms with van der Waals surface area (Å²) >= 11 is 0. The average molecular weight is 407 g/mol. The summed E-state index contributed by atoms with van der Waals surface area (Å²) in [6.45, 7) is 1.93. The second kappa shape index (κ2) is 7.72. The highest BCUT2D eigenvalue weighted by atomic mass is 32.2. The lowest BCUT2D eigenvalue weighted by molar-refractivity contribution is 0.370. The van der Waals surface area contributed by atoms with Gasteiger partial charge in [-0.15, -0.1) is 0 Å². The Hall–Kier alpha value is -3.12. The van der Waals surface area contributed by atoms with E-state index in [1.54, 1.807) is 31.4 Å². The molecule has 1 heterocycles. The molecule has 0 unspecified atom stereocenters. The molecular formula is C23H22N2O3S. The van der Waals surface area contributed by atoms with Crippen LogP contribution in [0.1, 0.15) is 29.2 Å². The molecule has 5 nitrogen and oxygen atoms in total. The number of hydrogen-bond donors (Lipinski definition) is 0. The van der Waals surface area contributed by atoms with E-state index in [1.807, 2.05) is 61.5 Å². The van der Waals surface area contributed by atoms with Gasteiger partial charge in [0.05, 0.1) is 23.8 Å². The molecule has 0 aromatic heterocycles. The number of ether oxygens (including phenoxy) is 1. The van der Waals surface area contributed by atoms with Crippen LogP contribution < -0.4 is 4.74 Å². The first-order chi connectivity index (χ1) is 14.0. The zero-order chi connectivity index (χ0) is 20.4. The maximum absolute atomic E-state index is 13.4. The molecule has 0 N–H and O–H groups in total. The van der Waals surface area contributed by atoms with Gasteiger partial charge in [-0.2, -0.15) is 17.9 Å². The van der Waals surface area contributed by atoms with Crippen molar-refractivity contribution in [2.24, 2.45) is 5.10 Å². The molecule has 29 heavy (non-hydrogen) atoms. The Kier molecular flexibility index (Phi) is 5.11. The molecule has 3 aromatic rings. The smallest absolute Gasteiger partial charge is 0.279 e. The molecule has 4 rings (SSSR count). The second-order valence-corrected chi connectivity index (χ2v) is 8.79. The van der Waals surface area contributed by atoms with E-state index in [2.05, 4.69) is 5.10 Å². The standard InChI is InChI=1S/C23H22N2O3S/c1-17-8-14-21(15-9-17)29(26,27)25-23(19-10-12-20(28-2)13-11-19)16-22(24-25)18-6-4-3-5-7-18/h3-15,23H,16H2,1-2H3/t23-/m0/s1. The minimum atomic E-state index is -3.79. The Bertz CT molecular complexity index is 1120. The Morgan fingerprint density at radius 1 is 0.931 bits per heavy atom. The largest absolute Gasteiger partial charge is 0.497 e. The molecule has 148 valence electrons. The number of sulfonamides is 1. The van der Waals surface area contributed by atoms with Gasteiger partial charge in [-0.25, -0.2) is 0 Å².